The quantitative estimate of drug-likeness (QED) is 0.460. The lowest BCUT2D eigenvalue weighted by Crippen LogP contribution is -2.67. The molecule has 2 aliphatic rings. The van der Waals surface area contributed by atoms with Gasteiger partial charge in [0.2, 0.25) is 10.0 Å². The molecule has 0 radical (unpaired) electrons. The van der Waals surface area contributed by atoms with Crippen LogP contribution in [0.4, 0.5) is 0 Å². The smallest absolute Gasteiger partial charge is 0.215 e. The Morgan fingerprint density at radius 1 is 1.40 bits per heavy atom. The summed E-state index contributed by atoms with van der Waals surface area (Å²) in [5.74, 6) is 0. The zero-order valence-electron chi connectivity index (χ0n) is 8.98. The first-order chi connectivity index (χ1) is 6.71. The summed E-state index contributed by atoms with van der Waals surface area (Å²) < 4.78 is 22.4. The minimum absolute atomic E-state index is 0.0682. The van der Waals surface area contributed by atoms with Crippen LogP contribution in [0.1, 0.15) is 26.7 Å². The molecule has 1 aliphatic carbocycles. The van der Waals surface area contributed by atoms with Crippen molar-refractivity contribution in [2.45, 2.75) is 42.0 Å². The Morgan fingerprint density at radius 2 is 1.93 bits per heavy atom. The van der Waals surface area contributed by atoms with Crippen LogP contribution in [0.5, 0.6) is 0 Å². The molecule has 2 atom stereocenters. The molecular weight excluding hydrogens is 327 g/mol. The van der Waals surface area contributed by atoms with Gasteiger partial charge in [-0.1, -0.05) is 36.4 Å². The molecule has 4 nitrogen and oxygen atoms in total. The van der Waals surface area contributed by atoms with Gasteiger partial charge in [0.25, 0.3) is 0 Å². The largest absolute Gasteiger partial charge is 0.286 e. The van der Waals surface area contributed by atoms with E-state index in [1.807, 2.05) is 0 Å². The van der Waals surface area contributed by atoms with E-state index in [0.717, 1.165) is 0 Å². The molecule has 1 aliphatic heterocycles. The van der Waals surface area contributed by atoms with Crippen molar-refractivity contribution in [1.82, 2.24) is 4.90 Å². The lowest BCUT2D eigenvalue weighted by Gasteiger charge is -2.56. The third kappa shape index (κ3) is 2.18. The zero-order valence-corrected chi connectivity index (χ0v) is 12.0. The summed E-state index contributed by atoms with van der Waals surface area (Å²) in [4.78, 5) is 2.26. The van der Waals surface area contributed by atoms with Crippen LogP contribution in [-0.2, 0) is 10.0 Å². The van der Waals surface area contributed by atoms with Gasteiger partial charge in [0.15, 0.2) is 0 Å². The van der Waals surface area contributed by atoms with Crippen molar-refractivity contribution in [2.24, 2.45) is 10.6 Å². The summed E-state index contributed by atoms with van der Waals surface area (Å²) in [6.45, 7) is 5.12. The second-order valence-electron chi connectivity index (χ2n) is 5.42. The van der Waals surface area contributed by atoms with E-state index in [-0.39, 0.29) is 9.30 Å². The Labute approximate surface area is 105 Å². The van der Waals surface area contributed by atoms with Gasteiger partial charge >= 0.3 is 0 Å². The van der Waals surface area contributed by atoms with Crippen LogP contribution in [0.2, 0.25) is 0 Å². The van der Waals surface area contributed by atoms with Crippen molar-refractivity contribution in [1.29, 1.82) is 0 Å². The number of hydrogen-bond acceptors (Lipinski definition) is 3. The second-order valence-corrected chi connectivity index (χ2v) is 8.48. The predicted octanol–water partition coefficient (Wildman–Crippen LogP) is 0.909. The molecule has 1 saturated heterocycles. The minimum atomic E-state index is -3.34. The van der Waals surface area contributed by atoms with Crippen molar-refractivity contribution in [3.05, 3.63) is 0 Å². The summed E-state index contributed by atoms with van der Waals surface area (Å²) >= 11 is 2.19. The fraction of sp³-hybridized carbons (Fsp3) is 1.00. The van der Waals surface area contributed by atoms with Crippen molar-refractivity contribution in [3.63, 3.8) is 0 Å². The van der Waals surface area contributed by atoms with E-state index in [1.54, 1.807) is 0 Å². The average molecular weight is 344 g/mol. The minimum Gasteiger partial charge on any atom is -0.286 e. The number of nitrogens with two attached hydrogens (primary N) is 1. The van der Waals surface area contributed by atoms with Gasteiger partial charge in [-0.05, 0) is 18.3 Å². The predicted molar refractivity (Wildman–Crippen MR) is 68.2 cm³/mol. The second kappa shape index (κ2) is 3.54. The lowest BCUT2D eigenvalue weighted by atomic mass is 9.67. The highest BCUT2D eigenvalue weighted by Gasteiger charge is 2.51. The first-order valence-electron chi connectivity index (χ1n) is 5.12. The van der Waals surface area contributed by atoms with Gasteiger partial charge in [-0.25, -0.2) is 13.6 Å². The maximum atomic E-state index is 11.2. The summed E-state index contributed by atoms with van der Waals surface area (Å²) in [5, 5.41) is 4.79. The van der Waals surface area contributed by atoms with Crippen molar-refractivity contribution >= 4 is 32.6 Å². The topological polar surface area (TPSA) is 63.4 Å². The molecular formula is C9H17IN2O2S. The van der Waals surface area contributed by atoms with Crippen LogP contribution in [0, 0.1) is 5.41 Å². The van der Waals surface area contributed by atoms with E-state index < -0.39 is 10.0 Å². The summed E-state index contributed by atoms with van der Waals surface area (Å²) in [7, 11) is -3.34. The van der Waals surface area contributed by atoms with Gasteiger partial charge < -0.3 is 0 Å². The highest BCUT2D eigenvalue weighted by Crippen LogP contribution is 2.46. The Bertz CT molecular complexity index is 360. The van der Waals surface area contributed by atoms with Crippen LogP contribution in [-0.4, -0.2) is 35.2 Å². The van der Waals surface area contributed by atoms with Crippen LogP contribution < -0.4 is 5.14 Å². The normalized spacial score (nSPS) is 37.1. The van der Waals surface area contributed by atoms with Gasteiger partial charge in [0.1, 0.15) is 5.25 Å². The highest BCUT2D eigenvalue weighted by molar-refractivity contribution is 14.1. The molecule has 2 fully saturated rings. The Balaban J connectivity index is 1.91. The van der Waals surface area contributed by atoms with E-state index >= 15 is 0 Å². The summed E-state index contributed by atoms with van der Waals surface area (Å²) in [5.41, 5.74) is 0.438. The number of primary sulfonamides is 1. The summed E-state index contributed by atoms with van der Waals surface area (Å²) in [6.07, 6.45) is 2.34. The van der Waals surface area contributed by atoms with E-state index in [4.69, 9.17) is 5.14 Å². The molecule has 0 spiro atoms. The molecule has 1 heterocycles. The number of sulfonamides is 1. The van der Waals surface area contributed by atoms with Crippen molar-refractivity contribution < 1.29 is 8.42 Å². The van der Waals surface area contributed by atoms with E-state index in [9.17, 15) is 8.42 Å². The fourth-order valence-electron chi connectivity index (χ4n) is 2.53. The number of nitrogens with zero attached hydrogens (tertiary/aromatic N) is 1. The average Bonchev–Trinajstić information content (AvgIpc) is 1.95. The molecule has 6 heteroatoms. The van der Waals surface area contributed by atoms with Crippen LogP contribution in [0.25, 0.3) is 0 Å². The van der Waals surface area contributed by atoms with E-state index in [0.29, 0.717) is 18.0 Å². The molecule has 1 saturated carbocycles. The third-order valence-corrected chi connectivity index (χ3v) is 6.80. The van der Waals surface area contributed by atoms with Crippen molar-refractivity contribution in [2.75, 3.05) is 6.54 Å². The molecule has 0 aromatic heterocycles. The lowest BCUT2D eigenvalue weighted by molar-refractivity contribution is -0.0126. The molecule has 0 bridgehead atoms. The molecule has 2 N–H and O–H groups in total. The molecule has 0 aromatic carbocycles. The Morgan fingerprint density at radius 3 is 2.27 bits per heavy atom. The molecule has 0 amide bonds. The monoisotopic (exact) mass is 344 g/mol. The maximum absolute atomic E-state index is 11.2. The standard InChI is InChI=1S/C9H17IN2O2S/c1-9(2)3-6(4-9)12-5-7(8(12)10)15(11,13)14/h6-8H,3-5H2,1-2H3,(H2,11,13,14). The number of rotatable bonds is 2. The molecule has 2 rings (SSSR count). The number of likely N-dealkylation sites (tertiary alicyclic amines) is 1. The van der Waals surface area contributed by atoms with Gasteiger partial charge in [-0.3, -0.25) is 4.90 Å². The van der Waals surface area contributed by atoms with Gasteiger partial charge in [-0.2, -0.15) is 0 Å². The van der Waals surface area contributed by atoms with Gasteiger partial charge in [0, 0.05) is 12.6 Å². The molecule has 88 valence electrons. The molecule has 15 heavy (non-hydrogen) atoms. The molecule has 2 unspecified atom stereocenters. The number of hydrogen-bond donors (Lipinski definition) is 1. The first kappa shape index (κ1) is 12.1. The first-order valence-corrected chi connectivity index (χ1v) is 7.98. The van der Waals surface area contributed by atoms with Crippen molar-refractivity contribution in [3.8, 4) is 0 Å². The molecule has 0 aromatic rings. The Hall–Kier alpha value is 0.600. The van der Waals surface area contributed by atoms with Crippen LogP contribution in [0.3, 0.4) is 0 Å². The SMILES string of the molecule is CC1(C)CC(N2CC(S(N)(=O)=O)C2I)C1. The third-order valence-electron chi connectivity index (χ3n) is 3.48. The van der Waals surface area contributed by atoms with E-state index in [1.165, 1.54) is 12.8 Å². The van der Waals surface area contributed by atoms with Crippen LogP contribution >= 0.6 is 22.6 Å². The van der Waals surface area contributed by atoms with Gasteiger partial charge in [-0.15, -0.1) is 0 Å². The van der Waals surface area contributed by atoms with Crippen LogP contribution in [0.15, 0.2) is 0 Å². The zero-order chi connectivity index (χ0) is 11.4. The van der Waals surface area contributed by atoms with Gasteiger partial charge in [0.05, 0.1) is 4.05 Å². The highest BCUT2D eigenvalue weighted by atomic mass is 127. The number of alkyl halides is 1. The van der Waals surface area contributed by atoms with E-state index in [2.05, 4.69) is 41.3 Å². The maximum Gasteiger partial charge on any atom is 0.215 e. The Kier molecular flexibility index (Phi) is 2.85. The fourth-order valence-corrected chi connectivity index (χ4v) is 5.52. The summed E-state index contributed by atoms with van der Waals surface area (Å²) in [6, 6.07) is 0.569. The number of halogens is 1.